The number of benzene rings is 10. The molecule has 2 aliphatic carbocycles. The highest BCUT2D eigenvalue weighted by Gasteiger charge is 2.40. The van der Waals surface area contributed by atoms with Crippen LogP contribution in [0.5, 0.6) is 34.5 Å². The lowest BCUT2D eigenvalue weighted by molar-refractivity contribution is -0.156. The van der Waals surface area contributed by atoms with Crippen LogP contribution in [-0.4, -0.2) is 122 Å². The number of hydrogen-bond acceptors (Lipinski definition) is 16. The zero-order valence-corrected chi connectivity index (χ0v) is 72.1. The molecule has 0 radical (unpaired) electrons. The summed E-state index contributed by atoms with van der Waals surface area (Å²) < 4.78 is 59.0. The van der Waals surface area contributed by atoms with Crippen LogP contribution in [0.2, 0.25) is 0 Å². The van der Waals surface area contributed by atoms with Gasteiger partial charge in [-0.15, -0.1) is 0 Å². The number of nitrogens with two attached hydrogens (primary N) is 2. The molecule has 4 amide bonds. The van der Waals surface area contributed by atoms with Crippen molar-refractivity contribution in [3.63, 3.8) is 0 Å². The molecule has 20 nitrogen and oxygen atoms in total. The van der Waals surface area contributed by atoms with Crippen LogP contribution < -0.4 is 39.9 Å². The Hall–Kier alpha value is -12.3. The van der Waals surface area contributed by atoms with Gasteiger partial charge in [-0.25, -0.2) is 0 Å². The summed E-state index contributed by atoms with van der Waals surface area (Å²) in [6, 6.07) is 81.4. The Bertz CT molecular complexity index is 4870. The fourth-order valence-corrected chi connectivity index (χ4v) is 16.9. The van der Waals surface area contributed by atoms with Crippen LogP contribution in [0, 0.1) is 0 Å². The molecule has 2 heterocycles. The van der Waals surface area contributed by atoms with Crippen molar-refractivity contribution in [2.75, 3.05) is 52.9 Å². The first-order chi connectivity index (χ1) is 60.0. The van der Waals surface area contributed by atoms with E-state index in [1.165, 1.54) is 54.3 Å². The van der Waals surface area contributed by atoms with E-state index in [1.807, 2.05) is 48.5 Å². The molecule has 10 aromatic rings. The molecule has 0 saturated heterocycles. The van der Waals surface area contributed by atoms with Gasteiger partial charge in [0.15, 0.2) is 0 Å². The van der Waals surface area contributed by atoms with Crippen LogP contribution >= 0.6 is 0 Å². The van der Waals surface area contributed by atoms with E-state index in [2.05, 4.69) is 170 Å². The Morgan fingerprint density at radius 3 is 1.02 bits per heavy atom. The van der Waals surface area contributed by atoms with Gasteiger partial charge >= 0.3 is 11.9 Å². The highest BCUT2D eigenvalue weighted by Crippen LogP contribution is 2.50. The molecule has 648 valence electrons. The molecular formula is C104H116N4O16. The van der Waals surface area contributed by atoms with Gasteiger partial charge in [-0.1, -0.05) is 158 Å². The number of hydrogen-bond donors (Lipinski definition) is 2. The second kappa shape index (κ2) is 43.2. The molecule has 124 heavy (non-hydrogen) atoms. The monoisotopic (exact) mass is 1680 g/mol. The summed E-state index contributed by atoms with van der Waals surface area (Å²) in [7, 11) is 0. The number of carbonyl (C=O) groups excluding carboxylic acids is 6. The first-order valence-corrected chi connectivity index (χ1v) is 43.5. The lowest BCUT2D eigenvalue weighted by atomic mass is 9.69. The molecule has 4 aliphatic rings. The quantitative estimate of drug-likeness (QED) is 0.0267. The summed E-state index contributed by atoms with van der Waals surface area (Å²) in [6.07, 6.45) is 7.15. The Morgan fingerprint density at radius 2 is 0.677 bits per heavy atom. The van der Waals surface area contributed by atoms with Gasteiger partial charge in [0, 0.05) is 101 Å². The summed E-state index contributed by atoms with van der Waals surface area (Å²) in [5, 5.41) is 0. The second-order valence-electron chi connectivity index (χ2n) is 34.1. The van der Waals surface area contributed by atoms with Crippen molar-refractivity contribution in [1.82, 2.24) is 9.80 Å². The predicted molar refractivity (Wildman–Crippen MR) is 477 cm³/mol. The number of rotatable bonds is 40. The number of ether oxygens (including phenoxy) is 10. The summed E-state index contributed by atoms with van der Waals surface area (Å²) in [5.74, 6) is 3.12. The van der Waals surface area contributed by atoms with E-state index >= 15 is 0 Å². The lowest BCUT2D eigenvalue weighted by Crippen LogP contribution is -2.45. The number of aryl methyl sites for hydroxylation is 2. The normalized spacial score (nSPS) is 16.2. The maximum absolute atomic E-state index is 13.2. The van der Waals surface area contributed by atoms with E-state index in [1.54, 1.807) is 65.8 Å². The van der Waals surface area contributed by atoms with E-state index in [4.69, 9.17) is 58.8 Å². The largest absolute Gasteiger partial charge is 0.494 e. The van der Waals surface area contributed by atoms with Gasteiger partial charge in [0.05, 0.1) is 26.4 Å². The number of carbonyl (C=O) groups is 6. The predicted octanol–water partition coefficient (Wildman–Crippen LogP) is 18.6. The van der Waals surface area contributed by atoms with Crippen molar-refractivity contribution < 1.29 is 76.1 Å². The van der Waals surface area contributed by atoms with Crippen LogP contribution in [0.1, 0.15) is 217 Å². The van der Waals surface area contributed by atoms with Crippen molar-refractivity contribution in [3.05, 3.63) is 321 Å². The third-order valence-corrected chi connectivity index (χ3v) is 22.7. The SMILES string of the molecule is CC(C)(C)OC(=O)CC[C@@H](C(N)=O)N1Cc2cc(OCCCOCCCOc3ccc([C@@H]4c5ccc(OCc6ccccc6)cc5CC[C@@H]4c4ccccc4)cc3)ccc2C1=O.CC(C)(C)OC(=O)CC[C@@H](C(N)=O)N1Cc2cc(OCCCOCCCOc3ccc([C@H]4c5ccc(OCc6ccccc6)cc5CC[C@H]4c4ccccc4)cc3)ccc2C1=O. The van der Waals surface area contributed by atoms with Gasteiger partial charge in [0.2, 0.25) is 11.8 Å². The van der Waals surface area contributed by atoms with Crippen LogP contribution in [0.3, 0.4) is 0 Å². The van der Waals surface area contributed by atoms with Crippen molar-refractivity contribution in [3.8, 4) is 34.5 Å². The van der Waals surface area contributed by atoms with E-state index < -0.39 is 47.0 Å². The fraction of sp³-hybridized carbons (Fsp3) is 0.365. The number of esters is 2. The molecule has 4 N–H and O–H groups in total. The molecule has 6 atom stereocenters. The molecule has 14 rings (SSSR count). The van der Waals surface area contributed by atoms with Gasteiger partial charge < -0.3 is 68.6 Å². The van der Waals surface area contributed by atoms with Crippen LogP contribution in [0.25, 0.3) is 0 Å². The van der Waals surface area contributed by atoms with E-state index in [9.17, 15) is 28.8 Å². The van der Waals surface area contributed by atoms with Gasteiger partial charge in [0.1, 0.15) is 71.0 Å². The van der Waals surface area contributed by atoms with Crippen molar-refractivity contribution in [2.24, 2.45) is 11.5 Å². The van der Waals surface area contributed by atoms with Crippen LogP contribution in [0.4, 0.5) is 0 Å². The summed E-state index contributed by atoms with van der Waals surface area (Å²) in [5.41, 5.74) is 25.5. The van der Waals surface area contributed by atoms with Crippen LogP contribution in [0.15, 0.2) is 243 Å². The summed E-state index contributed by atoms with van der Waals surface area (Å²) in [4.78, 5) is 78.3. The minimum Gasteiger partial charge on any atom is -0.494 e. The topological polar surface area (TPSA) is 253 Å². The molecule has 0 bridgehead atoms. The smallest absolute Gasteiger partial charge is 0.306 e. The maximum Gasteiger partial charge on any atom is 0.306 e. The van der Waals surface area contributed by atoms with E-state index in [-0.39, 0.29) is 62.4 Å². The molecule has 0 fully saturated rings. The average molecular weight is 1680 g/mol. The molecule has 2 aliphatic heterocycles. The number of primary amides is 2. The molecule has 10 aromatic carbocycles. The number of nitrogens with zero attached hydrogens (tertiary/aromatic N) is 2. The average Bonchev–Trinajstić information content (AvgIpc) is 1.02. The number of amides is 4. The van der Waals surface area contributed by atoms with Crippen molar-refractivity contribution in [2.45, 2.75) is 192 Å². The van der Waals surface area contributed by atoms with Gasteiger partial charge in [-0.2, -0.15) is 0 Å². The molecule has 20 heteroatoms. The molecule has 0 saturated carbocycles. The Balaban J connectivity index is 0.000000213. The standard InChI is InChI=1S/2C52H58N2O8/c2*1-52(2,3)62-48(55)27-26-47(50(53)56)54-34-40-33-42(22-25-46(40)51(54)57)60-31-11-29-58-28-10-30-59-41-19-16-38(17-20-41)49-44(37-14-8-5-9-15-37)23-18-39-32-43(21-24-45(39)49)61-35-36-12-6-4-7-13-36/h2*4-9,12-17,19-22,24-25,32-33,44,47,49H,10-11,18,23,26-31,34-35H2,1-3H3,(H2,53,56)/t44-,47+,49+;44-,47-,49+/m10/s1. The van der Waals surface area contributed by atoms with Gasteiger partial charge in [-0.05, 0) is 244 Å². The minimum absolute atomic E-state index is 0.0240. The first kappa shape index (κ1) is 89.5. The van der Waals surface area contributed by atoms with Gasteiger partial charge in [0.25, 0.3) is 11.8 Å². The van der Waals surface area contributed by atoms with E-state index in [0.29, 0.717) is 113 Å². The molecule has 0 aromatic heterocycles. The third-order valence-electron chi connectivity index (χ3n) is 22.7. The summed E-state index contributed by atoms with van der Waals surface area (Å²) in [6.45, 7) is 16.4. The number of fused-ring (bicyclic) bond motifs is 4. The first-order valence-electron chi connectivity index (χ1n) is 43.5. The zero-order chi connectivity index (χ0) is 87.0. The van der Waals surface area contributed by atoms with Gasteiger partial charge in [-0.3, -0.25) is 28.8 Å². The second-order valence-corrected chi connectivity index (χ2v) is 34.1. The van der Waals surface area contributed by atoms with E-state index in [0.717, 1.165) is 83.8 Å². The molecular weight excluding hydrogens is 1560 g/mol. The minimum atomic E-state index is -0.921. The lowest BCUT2D eigenvalue weighted by Gasteiger charge is -2.35. The van der Waals surface area contributed by atoms with Crippen LogP contribution in [-0.2, 0) is 77.3 Å². The highest BCUT2D eigenvalue weighted by molar-refractivity contribution is 6.02. The van der Waals surface area contributed by atoms with Crippen molar-refractivity contribution >= 4 is 35.6 Å². The third kappa shape index (κ3) is 25.0. The summed E-state index contributed by atoms with van der Waals surface area (Å²) >= 11 is 0. The van der Waals surface area contributed by atoms with Crippen molar-refractivity contribution in [1.29, 1.82) is 0 Å². The Labute approximate surface area is 728 Å². The Morgan fingerprint density at radius 1 is 0.363 bits per heavy atom. The molecule has 0 unspecified atom stereocenters. The fourth-order valence-electron chi connectivity index (χ4n) is 16.9. The highest BCUT2D eigenvalue weighted by atomic mass is 16.6. The maximum atomic E-state index is 13.2. The molecule has 0 spiro atoms. The zero-order valence-electron chi connectivity index (χ0n) is 72.1. The Kier molecular flexibility index (Phi) is 31.2.